The Labute approximate surface area is 209 Å². The number of halogens is 1. The van der Waals surface area contributed by atoms with Crippen LogP contribution in [0.2, 0.25) is 0 Å². The number of rotatable bonds is 4. The number of ketones is 1. The summed E-state index contributed by atoms with van der Waals surface area (Å²) in [6.45, 7) is 1.46. The fourth-order valence-corrected chi connectivity index (χ4v) is 4.92. The minimum absolute atomic E-state index is 0.190. The summed E-state index contributed by atoms with van der Waals surface area (Å²) < 4.78 is 23.7. The van der Waals surface area contributed by atoms with Gasteiger partial charge in [-0.05, 0) is 25.1 Å². The summed E-state index contributed by atoms with van der Waals surface area (Å²) in [5.74, 6) is -0.102. The number of fused-ring (bicyclic) bond motifs is 2. The normalized spacial score (nSPS) is 11.7. The fraction of sp³-hybridized carbons (Fsp3) is 0.192. The highest BCUT2D eigenvalue weighted by Crippen LogP contribution is 2.34. The van der Waals surface area contributed by atoms with Crippen LogP contribution >= 0.6 is 0 Å². The molecule has 0 fully saturated rings. The van der Waals surface area contributed by atoms with Crippen molar-refractivity contribution in [2.75, 3.05) is 0 Å². The molecule has 0 saturated carbocycles. The van der Waals surface area contributed by atoms with Gasteiger partial charge >= 0.3 is 5.69 Å². The number of hydrogen-bond acceptors (Lipinski definition) is 5. The van der Waals surface area contributed by atoms with Gasteiger partial charge in [-0.25, -0.2) is 19.2 Å². The lowest BCUT2D eigenvalue weighted by molar-refractivity contribution is 0.101. The highest BCUT2D eigenvalue weighted by Gasteiger charge is 2.23. The Hall–Kier alpha value is -4.80. The summed E-state index contributed by atoms with van der Waals surface area (Å²) >= 11 is 0. The quantitative estimate of drug-likeness (QED) is 0.347. The first-order valence-electron chi connectivity index (χ1n) is 11.5. The SMILES string of the molecule is CC(=O)c1cc(-n2c(-c3cncn3C)nc3cc(-c4cnn(C)c4)c(F)cc32)cc2c1n(C)c(=O)n2C. The number of carbonyl (C=O) groups excluding carboxylic acids is 1. The third-order valence-corrected chi connectivity index (χ3v) is 6.79. The van der Waals surface area contributed by atoms with Gasteiger partial charge in [0.25, 0.3) is 0 Å². The summed E-state index contributed by atoms with van der Waals surface area (Å²) in [5.41, 5.74) is 4.63. The van der Waals surface area contributed by atoms with Gasteiger partial charge in [-0.2, -0.15) is 5.10 Å². The van der Waals surface area contributed by atoms with E-state index in [1.54, 1.807) is 67.4 Å². The maximum Gasteiger partial charge on any atom is 0.328 e. The molecular formula is C26H23FN8O2. The third kappa shape index (κ3) is 3.27. The Bertz CT molecular complexity index is 1950. The highest BCUT2D eigenvalue weighted by atomic mass is 19.1. The molecule has 6 rings (SSSR count). The van der Waals surface area contributed by atoms with Gasteiger partial charge in [0.15, 0.2) is 11.6 Å². The molecule has 0 spiro atoms. The monoisotopic (exact) mass is 498 g/mol. The zero-order valence-electron chi connectivity index (χ0n) is 20.9. The van der Waals surface area contributed by atoms with Crippen molar-refractivity contribution >= 4 is 27.9 Å². The predicted molar refractivity (Wildman–Crippen MR) is 137 cm³/mol. The predicted octanol–water partition coefficient (Wildman–Crippen LogP) is 3.36. The van der Waals surface area contributed by atoms with Crippen molar-refractivity contribution in [2.45, 2.75) is 6.92 Å². The molecule has 0 unspecified atom stereocenters. The maximum atomic E-state index is 15.5. The van der Waals surface area contributed by atoms with Crippen LogP contribution in [0.5, 0.6) is 0 Å². The van der Waals surface area contributed by atoms with E-state index in [0.717, 1.165) is 0 Å². The largest absolute Gasteiger partial charge is 0.331 e. The Morgan fingerprint density at radius 1 is 0.973 bits per heavy atom. The first kappa shape index (κ1) is 22.7. The number of nitrogens with zero attached hydrogens (tertiary/aromatic N) is 8. The van der Waals surface area contributed by atoms with E-state index in [1.165, 1.54) is 22.1 Å². The lowest BCUT2D eigenvalue weighted by Gasteiger charge is -2.13. The Morgan fingerprint density at radius 3 is 2.41 bits per heavy atom. The molecule has 0 radical (unpaired) electrons. The first-order valence-corrected chi connectivity index (χ1v) is 11.5. The molecule has 37 heavy (non-hydrogen) atoms. The smallest absolute Gasteiger partial charge is 0.328 e. The molecule has 0 atom stereocenters. The number of aryl methyl sites for hydroxylation is 4. The van der Waals surface area contributed by atoms with Crippen LogP contribution in [0.15, 0.2) is 54.0 Å². The zero-order chi connectivity index (χ0) is 26.2. The van der Waals surface area contributed by atoms with E-state index in [1.807, 2.05) is 17.7 Å². The minimum Gasteiger partial charge on any atom is -0.331 e. The number of carbonyl (C=O) groups is 1. The average Bonchev–Trinajstić information content (AvgIpc) is 3.62. The van der Waals surface area contributed by atoms with Gasteiger partial charge in [0, 0.05) is 57.1 Å². The number of Topliss-reactive ketones (excluding diaryl/α,β-unsaturated/α-hetero) is 1. The third-order valence-electron chi connectivity index (χ3n) is 6.79. The van der Waals surface area contributed by atoms with E-state index in [2.05, 4.69) is 10.1 Å². The molecule has 186 valence electrons. The molecule has 0 aliphatic carbocycles. The molecule has 2 aromatic carbocycles. The summed E-state index contributed by atoms with van der Waals surface area (Å²) in [7, 11) is 6.92. The molecule has 11 heteroatoms. The van der Waals surface area contributed by atoms with Crippen molar-refractivity contribution < 1.29 is 9.18 Å². The van der Waals surface area contributed by atoms with Crippen LogP contribution < -0.4 is 5.69 Å². The summed E-state index contributed by atoms with van der Waals surface area (Å²) in [6, 6.07) is 6.67. The van der Waals surface area contributed by atoms with E-state index >= 15 is 4.39 Å². The van der Waals surface area contributed by atoms with E-state index < -0.39 is 5.82 Å². The molecule has 10 nitrogen and oxygen atoms in total. The average molecular weight is 499 g/mol. The van der Waals surface area contributed by atoms with E-state index in [4.69, 9.17) is 4.98 Å². The van der Waals surface area contributed by atoms with Gasteiger partial charge in [0.05, 0.1) is 46.5 Å². The standard InChI is InChI=1S/C26H23FN8O2/c1-14(36)17-6-16(7-22-24(17)34(5)26(37)33(22)4)35-21-9-19(27)18(15-10-29-32(3)12-15)8-20(21)30-25(35)23-11-28-13-31(23)2/h6-13H,1-5H3. The lowest BCUT2D eigenvalue weighted by Crippen LogP contribution is -2.19. The summed E-state index contributed by atoms with van der Waals surface area (Å²) in [5, 5.41) is 4.16. The van der Waals surface area contributed by atoms with Gasteiger partial charge in [-0.1, -0.05) is 0 Å². The highest BCUT2D eigenvalue weighted by molar-refractivity contribution is 6.06. The fourth-order valence-electron chi connectivity index (χ4n) is 4.92. The van der Waals surface area contributed by atoms with Crippen molar-refractivity contribution in [1.82, 2.24) is 38.0 Å². The second kappa shape index (κ2) is 7.85. The molecule has 0 aliphatic rings. The van der Waals surface area contributed by atoms with Gasteiger partial charge in [0.2, 0.25) is 0 Å². The van der Waals surface area contributed by atoms with E-state index in [9.17, 15) is 9.59 Å². The molecule has 4 aromatic heterocycles. The number of aromatic nitrogens is 8. The minimum atomic E-state index is -0.432. The second-order valence-corrected chi connectivity index (χ2v) is 9.20. The number of benzene rings is 2. The lowest BCUT2D eigenvalue weighted by atomic mass is 10.1. The molecule has 0 aliphatic heterocycles. The van der Waals surface area contributed by atoms with Gasteiger partial charge in [-0.15, -0.1) is 0 Å². The van der Waals surface area contributed by atoms with Crippen LogP contribution in [-0.2, 0) is 28.2 Å². The summed E-state index contributed by atoms with van der Waals surface area (Å²) in [6.07, 6.45) is 6.68. The van der Waals surface area contributed by atoms with Crippen molar-refractivity contribution in [3.05, 3.63) is 71.0 Å². The van der Waals surface area contributed by atoms with Crippen molar-refractivity contribution in [2.24, 2.45) is 28.2 Å². The molecular weight excluding hydrogens is 475 g/mol. The van der Waals surface area contributed by atoms with Crippen LogP contribution in [0.3, 0.4) is 0 Å². The maximum absolute atomic E-state index is 15.5. The van der Waals surface area contributed by atoms with E-state index in [0.29, 0.717) is 56.0 Å². The molecule has 0 saturated heterocycles. The topological polar surface area (TPSA) is 97.5 Å². The van der Waals surface area contributed by atoms with Gasteiger partial charge in [0.1, 0.15) is 11.5 Å². The molecule has 0 N–H and O–H groups in total. The molecule has 0 amide bonds. The van der Waals surface area contributed by atoms with Crippen LogP contribution in [0.4, 0.5) is 4.39 Å². The molecule has 0 bridgehead atoms. The van der Waals surface area contributed by atoms with Crippen LogP contribution in [0.25, 0.3) is 50.4 Å². The number of hydrogen-bond donors (Lipinski definition) is 0. The Kier molecular flexibility index (Phi) is 4.81. The number of imidazole rings is 3. The van der Waals surface area contributed by atoms with Gasteiger partial charge in [-0.3, -0.25) is 23.2 Å². The second-order valence-electron chi connectivity index (χ2n) is 9.20. The van der Waals surface area contributed by atoms with Gasteiger partial charge < -0.3 is 4.57 Å². The first-order chi connectivity index (χ1) is 17.7. The zero-order valence-corrected chi connectivity index (χ0v) is 20.9. The Balaban J connectivity index is 1.72. The van der Waals surface area contributed by atoms with Crippen LogP contribution in [-0.4, -0.2) is 43.8 Å². The van der Waals surface area contributed by atoms with Crippen molar-refractivity contribution in [1.29, 1.82) is 0 Å². The molecule has 6 aromatic rings. The van der Waals surface area contributed by atoms with Crippen LogP contribution in [0, 0.1) is 5.82 Å². The Morgan fingerprint density at radius 2 is 1.76 bits per heavy atom. The van der Waals surface area contributed by atoms with Crippen molar-refractivity contribution in [3.8, 4) is 28.3 Å². The summed E-state index contributed by atoms with van der Waals surface area (Å²) in [4.78, 5) is 34.5. The molecule has 4 heterocycles. The van der Waals surface area contributed by atoms with E-state index in [-0.39, 0.29) is 11.5 Å². The van der Waals surface area contributed by atoms with Crippen molar-refractivity contribution in [3.63, 3.8) is 0 Å². The van der Waals surface area contributed by atoms with Crippen LogP contribution in [0.1, 0.15) is 17.3 Å².